The molecule has 0 amide bonds. The second-order valence-corrected chi connectivity index (χ2v) is 6.65. The van der Waals surface area contributed by atoms with Crippen molar-refractivity contribution in [2.75, 3.05) is 13.1 Å². The Balaban J connectivity index is 1.38. The third kappa shape index (κ3) is 5.66. The third-order valence-electron chi connectivity index (χ3n) is 4.51. The van der Waals surface area contributed by atoms with Crippen LogP contribution in [0.3, 0.4) is 0 Å². The summed E-state index contributed by atoms with van der Waals surface area (Å²) in [4.78, 5) is 0. The quantitative estimate of drug-likeness (QED) is 0.647. The van der Waals surface area contributed by atoms with Crippen molar-refractivity contribution in [2.45, 2.75) is 38.4 Å². The highest BCUT2D eigenvalue weighted by Gasteiger charge is 2.19. The highest BCUT2D eigenvalue weighted by atomic mass is 16.5. The van der Waals surface area contributed by atoms with Crippen molar-refractivity contribution in [2.24, 2.45) is 5.92 Å². The van der Waals surface area contributed by atoms with E-state index in [4.69, 9.17) is 4.74 Å². The summed E-state index contributed by atoms with van der Waals surface area (Å²) in [6.07, 6.45) is 4.91. The lowest BCUT2D eigenvalue weighted by Gasteiger charge is -2.13. The molecule has 0 radical (unpaired) electrons. The van der Waals surface area contributed by atoms with Gasteiger partial charge in [-0.3, -0.25) is 0 Å². The predicted octanol–water partition coefficient (Wildman–Crippen LogP) is 4.08. The molecule has 3 rings (SSSR count). The van der Waals surface area contributed by atoms with Crippen molar-refractivity contribution in [3.8, 4) is 5.75 Å². The SMILES string of the molecule is OC(CNCCCC1CC1)c1ccc(OCc2ccccc2)cc1. The Labute approximate surface area is 144 Å². The first kappa shape index (κ1) is 17.0. The summed E-state index contributed by atoms with van der Waals surface area (Å²) in [5, 5.41) is 13.6. The molecule has 0 heterocycles. The van der Waals surface area contributed by atoms with Gasteiger partial charge in [-0.2, -0.15) is 0 Å². The number of aliphatic hydroxyl groups is 1. The molecule has 128 valence electrons. The molecule has 2 aromatic carbocycles. The lowest BCUT2D eigenvalue weighted by molar-refractivity contribution is 0.174. The average molecular weight is 325 g/mol. The van der Waals surface area contributed by atoms with Gasteiger partial charge < -0.3 is 15.2 Å². The van der Waals surface area contributed by atoms with Crippen LogP contribution in [0.15, 0.2) is 54.6 Å². The molecule has 1 saturated carbocycles. The Hall–Kier alpha value is -1.84. The van der Waals surface area contributed by atoms with E-state index in [0.29, 0.717) is 13.2 Å². The minimum Gasteiger partial charge on any atom is -0.489 e. The topological polar surface area (TPSA) is 41.5 Å². The van der Waals surface area contributed by atoms with Gasteiger partial charge in [0.2, 0.25) is 0 Å². The van der Waals surface area contributed by atoms with E-state index in [1.165, 1.54) is 25.7 Å². The summed E-state index contributed by atoms with van der Waals surface area (Å²) >= 11 is 0. The van der Waals surface area contributed by atoms with Crippen molar-refractivity contribution in [1.82, 2.24) is 5.32 Å². The summed E-state index contributed by atoms with van der Waals surface area (Å²) in [5.74, 6) is 1.81. The van der Waals surface area contributed by atoms with Crippen LogP contribution < -0.4 is 10.1 Å². The van der Waals surface area contributed by atoms with Gasteiger partial charge in [0.25, 0.3) is 0 Å². The van der Waals surface area contributed by atoms with Crippen molar-refractivity contribution >= 4 is 0 Å². The largest absolute Gasteiger partial charge is 0.489 e. The summed E-state index contributed by atoms with van der Waals surface area (Å²) < 4.78 is 5.77. The minimum absolute atomic E-state index is 0.464. The van der Waals surface area contributed by atoms with Crippen LogP contribution in [0.1, 0.15) is 42.9 Å². The number of hydrogen-bond acceptors (Lipinski definition) is 3. The average Bonchev–Trinajstić information content (AvgIpc) is 3.45. The zero-order valence-corrected chi connectivity index (χ0v) is 14.2. The Kier molecular flexibility index (Phi) is 6.27. The van der Waals surface area contributed by atoms with Gasteiger partial charge in [-0.1, -0.05) is 55.3 Å². The van der Waals surface area contributed by atoms with Gasteiger partial charge in [0.1, 0.15) is 12.4 Å². The fourth-order valence-corrected chi connectivity index (χ4v) is 2.81. The zero-order chi connectivity index (χ0) is 16.6. The van der Waals surface area contributed by atoms with Gasteiger partial charge in [-0.25, -0.2) is 0 Å². The van der Waals surface area contributed by atoms with Crippen LogP contribution in [0.2, 0.25) is 0 Å². The summed E-state index contributed by atoms with van der Waals surface area (Å²) in [6.45, 7) is 2.16. The van der Waals surface area contributed by atoms with Gasteiger partial charge in [0.05, 0.1) is 6.10 Å². The van der Waals surface area contributed by atoms with Crippen molar-refractivity contribution in [1.29, 1.82) is 0 Å². The van der Waals surface area contributed by atoms with Crippen LogP contribution in [0.5, 0.6) is 5.75 Å². The van der Waals surface area contributed by atoms with Crippen molar-refractivity contribution in [3.05, 3.63) is 65.7 Å². The molecule has 3 nitrogen and oxygen atoms in total. The molecule has 0 aliphatic heterocycles. The van der Waals surface area contributed by atoms with E-state index >= 15 is 0 Å². The Morgan fingerprint density at radius 1 is 1.04 bits per heavy atom. The molecule has 24 heavy (non-hydrogen) atoms. The molecule has 1 aliphatic rings. The monoisotopic (exact) mass is 325 g/mol. The van der Waals surface area contributed by atoms with E-state index in [1.54, 1.807) is 0 Å². The van der Waals surface area contributed by atoms with Crippen LogP contribution in [-0.4, -0.2) is 18.2 Å². The van der Waals surface area contributed by atoms with Crippen LogP contribution in [0, 0.1) is 5.92 Å². The summed E-state index contributed by atoms with van der Waals surface area (Å²) in [5.41, 5.74) is 2.08. The van der Waals surface area contributed by atoms with E-state index in [9.17, 15) is 5.11 Å². The highest BCUT2D eigenvalue weighted by molar-refractivity contribution is 5.29. The first-order valence-corrected chi connectivity index (χ1v) is 8.97. The molecule has 2 aromatic rings. The van der Waals surface area contributed by atoms with Gasteiger partial charge in [-0.15, -0.1) is 0 Å². The first-order chi connectivity index (χ1) is 11.8. The first-order valence-electron chi connectivity index (χ1n) is 8.97. The number of rotatable bonds is 10. The number of hydrogen-bond donors (Lipinski definition) is 2. The van der Waals surface area contributed by atoms with Gasteiger partial charge >= 0.3 is 0 Å². The number of nitrogens with one attached hydrogen (secondary N) is 1. The van der Waals surface area contributed by atoms with Crippen molar-refractivity contribution in [3.63, 3.8) is 0 Å². The Morgan fingerprint density at radius 2 is 1.79 bits per heavy atom. The molecule has 0 spiro atoms. The molecular formula is C21H27NO2. The fourth-order valence-electron chi connectivity index (χ4n) is 2.81. The van der Waals surface area contributed by atoms with E-state index in [0.717, 1.165) is 29.3 Å². The smallest absolute Gasteiger partial charge is 0.119 e. The number of ether oxygens (including phenoxy) is 1. The summed E-state index contributed by atoms with van der Waals surface area (Å²) in [7, 11) is 0. The molecule has 1 aliphatic carbocycles. The summed E-state index contributed by atoms with van der Waals surface area (Å²) in [6, 6.07) is 17.8. The van der Waals surface area contributed by atoms with Crippen LogP contribution >= 0.6 is 0 Å². The van der Waals surface area contributed by atoms with E-state index < -0.39 is 6.10 Å². The number of aliphatic hydroxyl groups excluding tert-OH is 1. The standard InChI is InChI=1S/C21H27NO2/c23-21(15-22-14-4-7-17-8-9-17)19-10-12-20(13-11-19)24-16-18-5-2-1-3-6-18/h1-3,5-6,10-13,17,21-23H,4,7-9,14-16H2. The Morgan fingerprint density at radius 3 is 2.50 bits per heavy atom. The second kappa shape index (κ2) is 8.86. The highest BCUT2D eigenvalue weighted by Crippen LogP contribution is 2.33. The minimum atomic E-state index is -0.464. The van der Waals surface area contributed by atoms with Crippen molar-refractivity contribution < 1.29 is 9.84 Å². The Bertz CT molecular complexity index is 593. The molecule has 3 heteroatoms. The van der Waals surface area contributed by atoms with E-state index in [1.807, 2.05) is 54.6 Å². The second-order valence-electron chi connectivity index (χ2n) is 6.65. The van der Waals surface area contributed by atoms with Crippen LogP contribution in [0.4, 0.5) is 0 Å². The fraction of sp³-hybridized carbons (Fsp3) is 0.429. The maximum absolute atomic E-state index is 10.2. The molecule has 1 unspecified atom stereocenters. The van der Waals surface area contributed by atoms with Gasteiger partial charge in [0.15, 0.2) is 0 Å². The van der Waals surface area contributed by atoms with Gasteiger partial charge in [-0.05, 0) is 48.6 Å². The zero-order valence-electron chi connectivity index (χ0n) is 14.2. The van der Waals surface area contributed by atoms with Gasteiger partial charge in [0, 0.05) is 6.54 Å². The maximum Gasteiger partial charge on any atom is 0.119 e. The molecule has 0 bridgehead atoms. The number of benzene rings is 2. The van der Waals surface area contributed by atoms with Crippen LogP contribution in [0.25, 0.3) is 0 Å². The lowest BCUT2D eigenvalue weighted by Crippen LogP contribution is -2.22. The van der Waals surface area contributed by atoms with Crippen LogP contribution in [-0.2, 0) is 6.61 Å². The van der Waals surface area contributed by atoms with E-state index in [-0.39, 0.29) is 0 Å². The predicted molar refractivity (Wildman–Crippen MR) is 97.0 cm³/mol. The molecule has 2 N–H and O–H groups in total. The molecule has 1 fully saturated rings. The molecule has 0 saturated heterocycles. The lowest BCUT2D eigenvalue weighted by atomic mass is 10.1. The molecule has 1 atom stereocenters. The van der Waals surface area contributed by atoms with E-state index in [2.05, 4.69) is 5.32 Å². The molecule has 0 aromatic heterocycles. The normalized spacial score (nSPS) is 15.2. The molecular weight excluding hydrogens is 298 g/mol. The maximum atomic E-state index is 10.2. The third-order valence-corrected chi connectivity index (χ3v) is 4.51.